The van der Waals surface area contributed by atoms with Crippen LogP contribution in [0.25, 0.3) is 10.9 Å². The van der Waals surface area contributed by atoms with Gasteiger partial charge in [-0.25, -0.2) is 8.42 Å². The molecule has 0 saturated heterocycles. The predicted octanol–water partition coefficient (Wildman–Crippen LogP) is 2.50. The Labute approximate surface area is 173 Å². The van der Waals surface area contributed by atoms with E-state index in [9.17, 15) is 13.2 Å². The third-order valence-corrected chi connectivity index (χ3v) is 6.31. The number of nitrogens with zero attached hydrogens (tertiary/aromatic N) is 4. The maximum absolute atomic E-state index is 12.7. The van der Waals surface area contributed by atoms with Crippen LogP contribution in [-0.4, -0.2) is 39.1 Å². The topological polar surface area (TPSA) is 123 Å². The predicted molar refractivity (Wildman–Crippen MR) is 110 cm³/mol. The lowest BCUT2D eigenvalue weighted by Crippen LogP contribution is -2.23. The van der Waals surface area contributed by atoms with Crippen LogP contribution in [0.4, 0.5) is 0 Å². The van der Waals surface area contributed by atoms with E-state index in [2.05, 4.69) is 25.4 Å². The molecular formula is C20H20N6O3S. The third-order valence-electron chi connectivity index (χ3n) is 4.62. The van der Waals surface area contributed by atoms with Crippen molar-refractivity contribution in [2.24, 2.45) is 0 Å². The molecule has 1 amide bonds. The molecule has 0 aliphatic rings. The Hall–Kier alpha value is -3.53. The SMILES string of the molecule is CC(C)n1cc(S(=O)(=O)c2ccc(CNC(=O)c3cc4cnccc4[nH]3)nc2)cn1. The first-order valence-corrected chi connectivity index (χ1v) is 10.8. The fourth-order valence-corrected chi connectivity index (χ4v) is 4.06. The van der Waals surface area contributed by atoms with E-state index in [-0.39, 0.29) is 28.3 Å². The Morgan fingerprint density at radius 2 is 2.00 bits per heavy atom. The quantitative estimate of drug-likeness (QED) is 0.490. The van der Waals surface area contributed by atoms with E-state index in [0.717, 1.165) is 10.9 Å². The number of fused-ring (bicyclic) bond motifs is 1. The minimum atomic E-state index is -3.70. The Morgan fingerprint density at radius 3 is 2.67 bits per heavy atom. The first-order chi connectivity index (χ1) is 14.3. The molecule has 0 spiro atoms. The van der Waals surface area contributed by atoms with Crippen molar-refractivity contribution < 1.29 is 13.2 Å². The molecule has 0 unspecified atom stereocenters. The standard InChI is InChI=1S/C20H20N6O3S/c1-13(2)26-12-17(11-24-26)30(28,29)16-4-3-15(22-10-16)9-23-20(27)19-7-14-8-21-6-5-18(14)25-19/h3-8,10-13,25H,9H2,1-2H3,(H,23,27). The number of hydrogen-bond donors (Lipinski definition) is 2. The second kappa shape index (κ2) is 7.71. The fraction of sp³-hybridized carbons (Fsp3) is 0.200. The third kappa shape index (κ3) is 3.81. The molecule has 0 aromatic carbocycles. The number of carbonyl (C=O) groups is 1. The smallest absolute Gasteiger partial charge is 0.268 e. The molecule has 0 aliphatic heterocycles. The van der Waals surface area contributed by atoms with Gasteiger partial charge in [-0.3, -0.25) is 19.4 Å². The second-order valence-electron chi connectivity index (χ2n) is 7.07. The highest BCUT2D eigenvalue weighted by Crippen LogP contribution is 2.21. The highest BCUT2D eigenvalue weighted by Gasteiger charge is 2.21. The summed E-state index contributed by atoms with van der Waals surface area (Å²) in [6.45, 7) is 4.00. The van der Waals surface area contributed by atoms with Crippen LogP contribution >= 0.6 is 0 Å². The van der Waals surface area contributed by atoms with Crippen molar-refractivity contribution in [3.8, 4) is 0 Å². The van der Waals surface area contributed by atoms with Crippen molar-refractivity contribution in [1.29, 1.82) is 0 Å². The number of sulfone groups is 1. The minimum absolute atomic E-state index is 0.0617. The van der Waals surface area contributed by atoms with E-state index in [1.54, 1.807) is 35.3 Å². The second-order valence-corrected chi connectivity index (χ2v) is 9.02. The molecule has 4 aromatic rings. The molecule has 4 aromatic heterocycles. The van der Waals surface area contributed by atoms with Crippen molar-refractivity contribution in [3.05, 3.63) is 66.6 Å². The molecule has 10 heteroatoms. The van der Waals surface area contributed by atoms with Crippen molar-refractivity contribution >= 4 is 26.6 Å². The van der Waals surface area contributed by atoms with Gasteiger partial charge in [0.25, 0.3) is 5.91 Å². The fourth-order valence-electron chi connectivity index (χ4n) is 2.91. The number of carbonyl (C=O) groups excluding carboxylic acids is 1. The number of pyridine rings is 2. The van der Waals surface area contributed by atoms with Gasteiger partial charge in [0.05, 0.1) is 23.3 Å². The van der Waals surface area contributed by atoms with E-state index in [1.807, 2.05) is 13.8 Å². The molecule has 0 radical (unpaired) electrons. The van der Waals surface area contributed by atoms with Gasteiger partial charge >= 0.3 is 0 Å². The largest absolute Gasteiger partial charge is 0.350 e. The summed E-state index contributed by atoms with van der Waals surface area (Å²) in [5, 5.41) is 7.69. The molecule has 4 heterocycles. The zero-order chi connectivity index (χ0) is 21.3. The van der Waals surface area contributed by atoms with Gasteiger partial charge < -0.3 is 10.3 Å². The number of aromatic nitrogens is 5. The number of amides is 1. The number of aromatic amines is 1. The number of nitrogens with one attached hydrogen (secondary N) is 2. The summed E-state index contributed by atoms with van der Waals surface area (Å²) in [7, 11) is -3.70. The summed E-state index contributed by atoms with van der Waals surface area (Å²) in [6.07, 6.45) is 7.45. The van der Waals surface area contributed by atoms with Crippen LogP contribution in [0.5, 0.6) is 0 Å². The molecular weight excluding hydrogens is 404 g/mol. The molecule has 0 bridgehead atoms. The highest BCUT2D eigenvalue weighted by atomic mass is 32.2. The monoisotopic (exact) mass is 424 g/mol. The van der Waals surface area contributed by atoms with Crippen LogP contribution in [0.3, 0.4) is 0 Å². The lowest BCUT2D eigenvalue weighted by atomic mass is 10.3. The average molecular weight is 424 g/mol. The van der Waals surface area contributed by atoms with Crippen LogP contribution in [0.1, 0.15) is 36.1 Å². The first kappa shape index (κ1) is 19.8. The van der Waals surface area contributed by atoms with Gasteiger partial charge in [0.1, 0.15) is 10.6 Å². The zero-order valence-electron chi connectivity index (χ0n) is 16.4. The summed E-state index contributed by atoms with van der Waals surface area (Å²) in [4.78, 5) is 23.8. The molecule has 0 aliphatic carbocycles. The molecule has 30 heavy (non-hydrogen) atoms. The van der Waals surface area contributed by atoms with E-state index in [0.29, 0.717) is 11.4 Å². The molecule has 4 rings (SSSR count). The average Bonchev–Trinajstić information content (AvgIpc) is 3.40. The van der Waals surface area contributed by atoms with Gasteiger partial charge in [0, 0.05) is 41.7 Å². The van der Waals surface area contributed by atoms with Crippen LogP contribution in [0.15, 0.2) is 65.0 Å². The van der Waals surface area contributed by atoms with Gasteiger partial charge in [-0.1, -0.05) is 0 Å². The van der Waals surface area contributed by atoms with E-state index < -0.39 is 9.84 Å². The van der Waals surface area contributed by atoms with E-state index >= 15 is 0 Å². The van der Waals surface area contributed by atoms with Gasteiger partial charge in [-0.15, -0.1) is 0 Å². The first-order valence-electron chi connectivity index (χ1n) is 9.30. The Bertz CT molecular complexity index is 1270. The van der Waals surface area contributed by atoms with Crippen molar-refractivity contribution in [2.45, 2.75) is 36.2 Å². The Kier molecular flexibility index (Phi) is 5.08. The summed E-state index contributed by atoms with van der Waals surface area (Å²) < 4.78 is 27.1. The summed E-state index contributed by atoms with van der Waals surface area (Å²) in [6, 6.07) is 6.63. The number of rotatable bonds is 6. The van der Waals surface area contributed by atoms with Gasteiger partial charge in [-0.2, -0.15) is 5.10 Å². The van der Waals surface area contributed by atoms with Gasteiger partial charge in [0.2, 0.25) is 9.84 Å². The highest BCUT2D eigenvalue weighted by molar-refractivity contribution is 7.91. The number of hydrogen-bond acceptors (Lipinski definition) is 6. The van der Waals surface area contributed by atoms with Crippen molar-refractivity contribution in [2.75, 3.05) is 0 Å². The molecule has 9 nitrogen and oxygen atoms in total. The summed E-state index contributed by atoms with van der Waals surface area (Å²) >= 11 is 0. The lowest BCUT2D eigenvalue weighted by Gasteiger charge is -2.06. The number of H-pyrrole nitrogens is 1. The van der Waals surface area contributed by atoms with Crippen LogP contribution < -0.4 is 5.32 Å². The molecule has 2 N–H and O–H groups in total. The molecule has 0 fully saturated rings. The Morgan fingerprint density at radius 1 is 1.17 bits per heavy atom. The molecule has 154 valence electrons. The minimum Gasteiger partial charge on any atom is -0.350 e. The lowest BCUT2D eigenvalue weighted by molar-refractivity contribution is 0.0946. The maximum Gasteiger partial charge on any atom is 0.268 e. The zero-order valence-corrected chi connectivity index (χ0v) is 17.2. The summed E-state index contributed by atoms with van der Waals surface area (Å²) in [5.74, 6) is -0.286. The van der Waals surface area contributed by atoms with Gasteiger partial charge in [0.15, 0.2) is 0 Å². The maximum atomic E-state index is 12.7. The van der Waals surface area contributed by atoms with E-state index in [1.165, 1.54) is 24.7 Å². The van der Waals surface area contributed by atoms with Crippen LogP contribution in [0.2, 0.25) is 0 Å². The van der Waals surface area contributed by atoms with Crippen molar-refractivity contribution in [3.63, 3.8) is 0 Å². The normalized spacial score (nSPS) is 11.8. The molecule has 0 saturated carbocycles. The summed E-state index contributed by atoms with van der Waals surface area (Å²) in [5.41, 5.74) is 1.78. The molecule has 0 atom stereocenters. The van der Waals surface area contributed by atoms with Gasteiger partial charge in [-0.05, 0) is 38.1 Å². The Balaban J connectivity index is 1.44. The van der Waals surface area contributed by atoms with E-state index in [4.69, 9.17) is 0 Å². The van der Waals surface area contributed by atoms with Crippen LogP contribution in [-0.2, 0) is 16.4 Å². The van der Waals surface area contributed by atoms with Crippen LogP contribution in [0, 0.1) is 0 Å². The van der Waals surface area contributed by atoms with Crippen molar-refractivity contribution in [1.82, 2.24) is 30.0 Å².